The van der Waals surface area contributed by atoms with Gasteiger partial charge in [-0.05, 0) is 41.4 Å². The van der Waals surface area contributed by atoms with Gasteiger partial charge in [0.25, 0.3) is 5.24 Å². The van der Waals surface area contributed by atoms with E-state index in [0.29, 0.717) is 11.3 Å². The number of carbonyl (C=O) groups is 1. The molecule has 19 heavy (non-hydrogen) atoms. The van der Waals surface area contributed by atoms with E-state index >= 15 is 0 Å². The van der Waals surface area contributed by atoms with Crippen LogP contribution in [0.2, 0.25) is 0 Å². The minimum absolute atomic E-state index is 0.465. The van der Waals surface area contributed by atoms with Gasteiger partial charge in [0.1, 0.15) is 11.5 Å². The summed E-state index contributed by atoms with van der Waals surface area (Å²) in [6.45, 7) is 0. The average molecular weight is 277 g/mol. The van der Waals surface area contributed by atoms with Crippen LogP contribution in [0.15, 0.2) is 42.5 Å². The van der Waals surface area contributed by atoms with Gasteiger partial charge >= 0.3 is 0 Å². The van der Waals surface area contributed by atoms with Gasteiger partial charge in [-0.2, -0.15) is 0 Å². The molecule has 0 N–H and O–H groups in total. The Hall–Kier alpha value is -2.00. The summed E-state index contributed by atoms with van der Waals surface area (Å²) in [6.07, 6.45) is 0. The van der Waals surface area contributed by atoms with Crippen molar-refractivity contribution in [2.45, 2.75) is 0 Å². The average Bonchev–Trinajstić information content (AvgIpc) is 2.46. The van der Waals surface area contributed by atoms with Crippen LogP contribution in [-0.2, 0) is 0 Å². The Morgan fingerprint density at radius 1 is 1.00 bits per heavy atom. The predicted octanol–water partition coefficient (Wildman–Crippen LogP) is 3.75. The Balaban J connectivity index is 2.43. The summed E-state index contributed by atoms with van der Waals surface area (Å²) >= 11 is 5.42. The molecule has 2 rings (SSSR count). The monoisotopic (exact) mass is 276 g/mol. The van der Waals surface area contributed by atoms with Crippen molar-refractivity contribution >= 4 is 16.8 Å². The third kappa shape index (κ3) is 2.88. The lowest BCUT2D eigenvalue weighted by atomic mass is 10.0. The first-order chi connectivity index (χ1) is 9.15. The van der Waals surface area contributed by atoms with Crippen LogP contribution < -0.4 is 9.47 Å². The van der Waals surface area contributed by atoms with Gasteiger partial charge in [-0.3, -0.25) is 4.79 Å². The fraction of sp³-hybridized carbons (Fsp3) is 0.133. The van der Waals surface area contributed by atoms with Crippen LogP contribution in [0.25, 0.3) is 11.1 Å². The third-order valence-electron chi connectivity index (χ3n) is 2.83. The first kappa shape index (κ1) is 13.4. The van der Waals surface area contributed by atoms with E-state index in [2.05, 4.69) is 0 Å². The van der Waals surface area contributed by atoms with Gasteiger partial charge in [0.05, 0.1) is 14.2 Å². The van der Waals surface area contributed by atoms with E-state index in [1.54, 1.807) is 26.4 Å². The molecule has 0 aliphatic heterocycles. The van der Waals surface area contributed by atoms with Gasteiger partial charge in [0, 0.05) is 17.2 Å². The van der Waals surface area contributed by atoms with E-state index in [1.165, 1.54) is 0 Å². The highest BCUT2D eigenvalue weighted by molar-refractivity contribution is 6.67. The Bertz CT molecular complexity index is 591. The van der Waals surface area contributed by atoms with Crippen molar-refractivity contribution < 1.29 is 14.3 Å². The van der Waals surface area contributed by atoms with E-state index < -0.39 is 5.24 Å². The minimum atomic E-state index is -0.465. The van der Waals surface area contributed by atoms with E-state index in [1.807, 2.05) is 30.3 Å². The van der Waals surface area contributed by atoms with Crippen molar-refractivity contribution in [2.75, 3.05) is 14.2 Å². The molecular formula is C15H13ClO3. The maximum atomic E-state index is 11.0. The summed E-state index contributed by atoms with van der Waals surface area (Å²) in [6, 6.07) is 12.6. The van der Waals surface area contributed by atoms with Crippen molar-refractivity contribution in [3.8, 4) is 22.6 Å². The number of methoxy groups -OCH3 is 2. The van der Waals surface area contributed by atoms with E-state index in [-0.39, 0.29) is 0 Å². The third-order valence-corrected chi connectivity index (χ3v) is 3.05. The molecule has 0 saturated carbocycles. The molecule has 0 amide bonds. The molecule has 0 fully saturated rings. The molecule has 0 saturated heterocycles. The Morgan fingerprint density at radius 3 is 2.21 bits per heavy atom. The van der Waals surface area contributed by atoms with Crippen LogP contribution in [0, 0.1) is 0 Å². The zero-order valence-electron chi connectivity index (χ0n) is 10.6. The standard InChI is InChI=1S/C15H13ClO3/c1-18-12-7-8-13(14(9-12)19-2)10-3-5-11(6-4-10)15(16)17/h3-9H,1-2H3. The molecule has 2 aromatic rings. The second-order valence-electron chi connectivity index (χ2n) is 3.92. The Kier molecular flexibility index (Phi) is 4.07. The topological polar surface area (TPSA) is 35.5 Å². The largest absolute Gasteiger partial charge is 0.497 e. The molecule has 3 nitrogen and oxygen atoms in total. The van der Waals surface area contributed by atoms with E-state index in [0.717, 1.165) is 16.9 Å². The van der Waals surface area contributed by atoms with Crippen molar-refractivity contribution in [1.82, 2.24) is 0 Å². The van der Waals surface area contributed by atoms with Crippen LogP contribution >= 0.6 is 11.6 Å². The first-order valence-corrected chi connectivity index (χ1v) is 6.06. The zero-order valence-corrected chi connectivity index (χ0v) is 11.4. The van der Waals surface area contributed by atoms with E-state index in [9.17, 15) is 4.79 Å². The summed E-state index contributed by atoms with van der Waals surface area (Å²) < 4.78 is 10.5. The molecule has 0 atom stereocenters. The SMILES string of the molecule is COc1ccc(-c2ccc(C(=O)Cl)cc2)c(OC)c1. The summed E-state index contributed by atoms with van der Waals surface area (Å²) in [5.41, 5.74) is 2.34. The fourth-order valence-corrected chi connectivity index (χ4v) is 1.94. The first-order valence-electron chi connectivity index (χ1n) is 5.68. The van der Waals surface area contributed by atoms with Gasteiger partial charge in [0.15, 0.2) is 0 Å². The molecule has 2 aromatic carbocycles. The zero-order chi connectivity index (χ0) is 13.8. The molecule has 98 valence electrons. The quantitative estimate of drug-likeness (QED) is 0.798. The van der Waals surface area contributed by atoms with Crippen LogP contribution in [0.4, 0.5) is 0 Å². The molecule has 0 spiro atoms. The molecule has 4 heteroatoms. The number of rotatable bonds is 4. The second kappa shape index (κ2) is 5.76. The van der Waals surface area contributed by atoms with Crippen molar-refractivity contribution in [3.63, 3.8) is 0 Å². The molecule has 0 aliphatic rings. The lowest BCUT2D eigenvalue weighted by Gasteiger charge is -2.10. The van der Waals surface area contributed by atoms with Crippen molar-refractivity contribution in [2.24, 2.45) is 0 Å². The van der Waals surface area contributed by atoms with Gasteiger partial charge in [-0.1, -0.05) is 12.1 Å². The summed E-state index contributed by atoms with van der Waals surface area (Å²) in [7, 11) is 3.21. The maximum absolute atomic E-state index is 11.0. The highest BCUT2D eigenvalue weighted by Crippen LogP contribution is 2.33. The van der Waals surface area contributed by atoms with Gasteiger partial charge in [-0.15, -0.1) is 0 Å². The fourth-order valence-electron chi connectivity index (χ4n) is 1.82. The number of halogens is 1. The molecule has 0 radical (unpaired) electrons. The van der Waals surface area contributed by atoms with Gasteiger partial charge < -0.3 is 9.47 Å². The summed E-state index contributed by atoms with van der Waals surface area (Å²) in [5, 5.41) is -0.465. The predicted molar refractivity (Wildman–Crippen MR) is 75.2 cm³/mol. The lowest BCUT2D eigenvalue weighted by Crippen LogP contribution is -1.92. The van der Waals surface area contributed by atoms with Crippen molar-refractivity contribution in [1.29, 1.82) is 0 Å². The lowest BCUT2D eigenvalue weighted by molar-refractivity contribution is 0.108. The summed E-state index contributed by atoms with van der Waals surface area (Å²) in [5.74, 6) is 1.44. The highest BCUT2D eigenvalue weighted by atomic mass is 35.5. The van der Waals surface area contributed by atoms with E-state index in [4.69, 9.17) is 21.1 Å². The Labute approximate surface area is 116 Å². The van der Waals surface area contributed by atoms with Crippen LogP contribution in [0.1, 0.15) is 10.4 Å². The second-order valence-corrected chi connectivity index (χ2v) is 4.26. The normalized spacial score (nSPS) is 10.1. The number of hydrogen-bond donors (Lipinski definition) is 0. The summed E-state index contributed by atoms with van der Waals surface area (Å²) in [4.78, 5) is 11.0. The number of hydrogen-bond acceptors (Lipinski definition) is 3. The number of benzene rings is 2. The minimum Gasteiger partial charge on any atom is -0.497 e. The van der Waals surface area contributed by atoms with Crippen LogP contribution in [0.3, 0.4) is 0 Å². The highest BCUT2D eigenvalue weighted by Gasteiger charge is 2.08. The van der Waals surface area contributed by atoms with Crippen LogP contribution in [0.5, 0.6) is 11.5 Å². The van der Waals surface area contributed by atoms with Crippen LogP contribution in [-0.4, -0.2) is 19.5 Å². The Morgan fingerprint density at radius 2 is 1.68 bits per heavy atom. The van der Waals surface area contributed by atoms with Gasteiger partial charge in [0.2, 0.25) is 0 Å². The molecule has 0 heterocycles. The molecular weight excluding hydrogens is 264 g/mol. The molecule has 0 aliphatic carbocycles. The number of ether oxygens (including phenoxy) is 2. The molecule has 0 aromatic heterocycles. The number of carbonyl (C=O) groups excluding carboxylic acids is 1. The maximum Gasteiger partial charge on any atom is 0.252 e. The smallest absolute Gasteiger partial charge is 0.252 e. The van der Waals surface area contributed by atoms with Crippen molar-refractivity contribution in [3.05, 3.63) is 48.0 Å². The van der Waals surface area contributed by atoms with Gasteiger partial charge in [-0.25, -0.2) is 0 Å². The molecule has 0 bridgehead atoms. The molecule has 0 unspecified atom stereocenters.